The van der Waals surface area contributed by atoms with Crippen molar-refractivity contribution in [3.8, 4) is 5.75 Å². The summed E-state index contributed by atoms with van der Waals surface area (Å²) in [5.41, 5.74) is 26.6. The van der Waals surface area contributed by atoms with Gasteiger partial charge in [0.05, 0.1) is 29.8 Å². The van der Waals surface area contributed by atoms with Crippen molar-refractivity contribution >= 4 is 45.8 Å². The molecule has 2 aromatic carbocycles. The highest BCUT2D eigenvalue weighted by Crippen LogP contribution is 2.35. The molecule has 14 heteroatoms. The molecule has 2 fully saturated rings. The van der Waals surface area contributed by atoms with Crippen LogP contribution in [0.1, 0.15) is 40.2 Å². The molecule has 2 saturated heterocycles. The fourth-order valence-corrected chi connectivity index (χ4v) is 5.93. The number of primary amides is 2. The van der Waals surface area contributed by atoms with Crippen LogP contribution in [-0.4, -0.2) is 87.4 Å². The summed E-state index contributed by atoms with van der Waals surface area (Å²) in [5, 5.41) is 3.40. The number of benzene rings is 2. The third-order valence-electron chi connectivity index (χ3n) is 7.84. The maximum absolute atomic E-state index is 12.1. The lowest BCUT2D eigenvalue weighted by atomic mass is 9.92. The van der Waals surface area contributed by atoms with Crippen LogP contribution in [0, 0.1) is 0 Å². The zero-order chi connectivity index (χ0) is 28.9. The zero-order valence-electron chi connectivity index (χ0n) is 22.8. The van der Waals surface area contributed by atoms with E-state index >= 15 is 0 Å². The number of carbonyl (C=O) groups excluding carboxylic acids is 2. The first-order chi connectivity index (χ1) is 19.7. The molecular formula is C27H34N10O4. The number of hydrogen-bond donors (Lipinski definition) is 5. The third kappa shape index (κ3) is 4.79. The van der Waals surface area contributed by atoms with Gasteiger partial charge in [0.1, 0.15) is 23.0 Å². The molecule has 1 unspecified atom stereocenters. The van der Waals surface area contributed by atoms with Gasteiger partial charge in [-0.2, -0.15) is 0 Å². The van der Waals surface area contributed by atoms with Gasteiger partial charge in [0, 0.05) is 43.9 Å². The van der Waals surface area contributed by atoms with Crippen LogP contribution in [0.4, 0.5) is 11.9 Å². The molecule has 1 atom stereocenters. The summed E-state index contributed by atoms with van der Waals surface area (Å²) in [7, 11) is 0. The van der Waals surface area contributed by atoms with Crippen molar-refractivity contribution in [2.75, 3.05) is 57.4 Å². The molecule has 0 bridgehead atoms. The molecular weight excluding hydrogens is 528 g/mol. The Kier molecular flexibility index (Phi) is 6.68. The fourth-order valence-electron chi connectivity index (χ4n) is 5.93. The third-order valence-corrected chi connectivity index (χ3v) is 7.84. The van der Waals surface area contributed by atoms with Gasteiger partial charge in [-0.1, -0.05) is 0 Å². The first-order valence-corrected chi connectivity index (χ1v) is 13.5. The van der Waals surface area contributed by atoms with Gasteiger partial charge in [-0.15, -0.1) is 0 Å². The lowest BCUT2D eigenvalue weighted by Gasteiger charge is -2.51. The van der Waals surface area contributed by atoms with Gasteiger partial charge in [-0.25, -0.2) is 9.97 Å². The molecule has 1 spiro atoms. The number of carbonyl (C=O) groups is 2. The highest BCUT2D eigenvalue weighted by atomic mass is 16.5. The minimum Gasteiger partial charge on any atom is -0.491 e. The number of fused-ring (bicyclic) bond motifs is 2. The number of nitrogens with one attached hydrogen (secondary N) is 1. The van der Waals surface area contributed by atoms with Crippen molar-refractivity contribution in [1.29, 1.82) is 0 Å². The van der Waals surface area contributed by atoms with E-state index in [9.17, 15) is 9.59 Å². The molecule has 2 aliphatic rings. The van der Waals surface area contributed by atoms with Crippen molar-refractivity contribution < 1.29 is 19.1 Å². The summed E-state index contributed by atoms with van der Waals surface area (Å²) in [4.78, 5) is 35.1. The molecule has 9 N–H and O–H groups in total. The molecule has 4 heterocycles. The number of imidazole rings is 2. The monoisotopic (exact) mass is 562 g/mol. The molecule has 0 aliphatic carbocycles. The summed E-state index contributed by atoms with van der Waals surface area (Å²) < 4.78 is 15.8. The van der Waals surface area contributed by atoms with Crippen molar-refractivity contribution in [1.82, 2.24) is 29.3 Å². The Morgan fingerprint density at radius 3 is 2.46 bits per heavy atom. The number of nitrogens with two attached hydrogens (primary N) is 4. The number of nitrogen functional groups attached to an aromatic ring is 2. The van der Waals surface area contributed by atoms with Gasteiger partial charge in [0.2, 0.25) is 23.7 Å². The highest BCUT2D eigenvalue weighted by molar-refractivity contribution is 5.99. The molecule has 2 amide bonds. The SMILES string of the molecule is CC(n1c(N)nc2cc(C(N)=O)ccc21)n1c(N)nc2cc(C(N)=O)cc(OCCCN3CC4(CNCCO4)C3)c21. The number of ether oxygens (including phenoxy) is 2. The van der Waals surface area contributed by atoms with Gasteiger partial charge in [-0.3, -0.25) is 23.6 Å². The molecule has 2 aromatic heterocycles. The van der Waals surface area contributed by atoms with E-state index in [0.29, 0.717) is 40.0 Å². The van der Waals surface area contributed by atoms with Crippen LogP contribution in [0.2, 0.25) is 0 Å². The molecule has 4 aromatic rings. The van der Waals surface area contributed by atoms with E-state index < -0.39 is 18.0 Å². The van der Waals surface area contributed by atoms with E-state index in [0.717, 1.165) is 45.8 Å². The van der Waals surface area contributed by atoms with Crippen molar-refractivity contribution in [3.05, 3.63) is 41.5 Å². The Labute approximate surface area is 235 Å². The Bertz CT molecular complexity index is 1650. The lowest BCUT2D eigenvalue weighted by molar-refractivity contribution is -0.156. The van der Waals surface area contributed by atoms with Gasteiger partial charge in [0.25, 0.3) is 0 Å². The van der Waals surface area contributed by atoms with E-state index in [-0.39, 0.29) is 23.1 Å². The predicted octanol–water partition coefficient (Wildman–Crippen LogP) is 0.258. The second-order valence-corrected chi connectivity index (χ2v) is 10.7. The van der Waals surface area contributed by atoms with Gasteiger partial charge in [0.15, 0.2) is 0 Å². The molecule has 41 heavy (non-hydrogen) atoms. The maximum atomic E-state index is 12.1. The second kappa shape index (κ2) is 10.2. The van der Waals surface area contributed by atoms with Crippen LogP contribution in [0.25, 0.3) is 22.1 Å². The molecule has 0 radical (unpaired) electrons. The van der Waals surface area contributed by atoms with E-state index in [1.165, 1.54) is 0 Å². The topological polar surface area (TPSA) is 208 Å². The Hall–Kier alpha value is -4.40. The number of rotatable bonds is 9. The van der Waals surface area contributed by atoms with Crippen LogP contribution < -0.4 is 33.0 Å². The van der Waals surface area contributed by atoms with Gasteiger partial charge < -0.3 is 37.7 Å². The lowest BCUT2D eigenvalue weighted by Crippen LogP contribution is -2.69. The number of hydrogen-bond acceptors (Lipinski definition) is 10. The van der Waals surface area contributed by atoms with Crippen LogP contribution >= 0.6 is 0 Å². The van der Waals surface area contributed by atoms with Crippen molar-refractivity contribution in [2.45, 2.75) is 25.1 Å². The number of nitrogens with zero attached hydrogens (tertiary/aromatic N) is 5. The first kappa shape index (κ1) is 26.8. The van der Waals surface area contributed by atoms with Gasteiger partial charge >= 0.3 is 0 Å². The minimum atomic E-state index is -0.597. The zero-order valence-corrected chi connectivity index (χ0v) is 22.8. The van der Waals surface area contributed by atoms with E-state index in [1.807, 2.05) is 6.92 Å². The van der Waals surface area contributed by atoms with Crippen LogP contribution in [-0.2, 0) is 4.74 Å². The van der Waals surface area contributed by atoms with E-state index in [2.05, 4.69) is 20.2 Å². The number of aromatic nitrogens is 4. The molecule has 216 valence electrons. The summed E-state index contributed by atoms with van der Waals surface area (Å²) in [5.74, 6) is -0.304. The number of morpholine rings is 1. The molecule has 6 rings (SSSR count). The average Bonchev–Trinajstić information content (AvgIpc) is 3.44. The average molecular weight is 563 g/mol. The van der Waals surface area contributed by atoms with Crippen LogP contribution in [0.3, 0.4) is 0 Å². The first-order valence-electron chi connectivity index (χ1n) is 13.5. The highest BCUT2D eigenvalue weighted by Gasteiger charge is 2.44. The summed E-state index contributed by atoms with van der Waals surface area (Å²) >= 11 is 0. The predicted molar refractivity (Wildman–Crippen MR) is 154 cm³/mol. The van der Waals surface area contributed by atoms with Crippen molar-refractivity contribution in [3.63, 3.8) is 0 Å². The smallest absolute Gasteiger partial charge is 0.248 e. The minimum absolute atomic E-state index is 0.0675. The van der Waals surface area contributed by atoms with Gasteiger partial charge in [-0.05, 0) is 43.7 Å². The Morgan fingerprint density at radius 2 is 1.76 bits per heavy atom. The Balaban J connectivity index is 1.27. The normalized spacial score (nSPS) is 17.6. The molecule has 14 nitrogen and oxygen atoms in total. The molecule has 2 aliphatic heterocycles. The summed E-state index contributed by atoms with van der Waals surface area (Å²) in [6, 6.07) is 8.16. The number of likely N-dealkylation sites (tertiary alicyclic amines) is 1. The maximum Gasteiger partial charge on any atom is 0.248 e. The standard InChI is InChI=1S/C27H34N10O4/c1-15(36-20-4-3-16(23(28)38)9-18(20)33-25(36)30)37-22-19(34-26(37)31)10-17(24(29)39)11-21(22)40-7-2-6-35-13-27(14-35)12-32-5-8-41-27/h3-4,9-11,15,32H,2,5-8,12-14H2,1H3,(H2,28,38)(H2,29,39)(H2,30,33)(H2,31,34). The largest absolute Gasteiger partial charge is 0.491 e. The van der Waals surface area contributed by atoms with Crippen LogP contribution in [0.15, 0.2) is 30.3 Å². The summed E-state index contributed by atoms with van der Waals surface area (Å²) in [6.07, 6.45) is 0.277. The summed E-state index contributed by atoms with van der Waals surface area (Å²) in [6.45, 7) is 7.46. The second-order valence-electron chi connectivity index (χ2n) is 10.7. The molecule has 0 saturated carbocycles. The van der Waals surface area contributed by atoms with Crippen molar-refractivity contribution in [2.24, 2.45) is 11.5 Å². The van der Waals surface area contributed by atoms with E-state index in [1.54, 1.807) is 39.5 Å². The van der Waals surface area contributed by atoms with E-state index in [4.69, 9.17) is 32.4 Å². The van der Waals surface area contributed by atoms with Crippen LogP contribution in [0.5, 0.6) is 5.75 Å². The quantitative estimate of drug-likeness (QED) is 0.176. The Morgan fingerprint density at radius 1 is 1.05 bits per heavy atom. The fraction of sp³-hybridized carbons (Fsp3) is 0.407. The number of anilines is 2. The number of amides is 2.